The molecule has 0 spiro atoms. The Hall–Kier alpha value is -2.84. The van der Waals surface area contributed by atoms with Gasteiger partial charge >= 0.3 is 0 Å². The van der Waals surface area contributed by atoms with E-state index >= 15 is 0 Å². The van der Waals surface area contributed by atoms with Crippen LogP contribution in [0.3, 0.4) is 0 Å². The van der Waals surface area contributed by atoms with Gasteiger partial charge in [0.05, 0.1) is 5.56 Å². The van der Waals surface area contributed by atoms with E-state index in [1.165, 1.54) is 27.3 Å². The molecule has 1 aliphatic rings. The van der Waals surface area contributed by atoms with Crippen LogP contribution in [-0.4, -0.2) is 5.91 Å². The molecule has 0 saturated heterocycles. The van der Waals surface area contributed by atoms with Crippen LogP contribution in [-0.2, 0) is 12.8 Å². The van der Waals surface area contributed by atoms with E-state index in [0.29, 0.717) is 16.3 Å². The second kappa shape index (κ2) is 6.47. The number of amides is 1. The molecule has 1 N–H and O–H groups in total. The average molecular weight is 362 g/mol. The summed E-state index contributed by atoms with van der Waals surface area (Å²) in [7, 11) is 0. The van der Waals surface area contributed by atoms with E-state index in [4.69, 9.17) is 4.42 Å². The van der Waals surface area contributed by atoms with Crippen LogP contribution in [0.2, 0.25) is 0 Å². The number of hydrogen-bond donors (Lipinski definition) is 1. The number of fused-ring (bicyclic) bond motifs is 1. The number of benzene rings is 1. The first kappa shape index (κ1) is 16.6. The lowest BCUT2D eigenvalue weighted by Crippen LogP contribution is -2.10. The fourth-order valence-corrected chi connectivity index (χ4v) is 4.52. The molecule has 0 radical (unpaired) electrons. The topological polar surface area (TPSA) is 66.0 Å². The number of nitriles is 1. The number of anilines is 1. The van der Waals surface area contributed by atoms with Crippen molar-refractivity contribution in [1.82, 2.24) is 0 Å². The zero-order valence-corrected chi connectivity index (χ0v) is 15.5. The van der Waals surface area contributed by atoms with E-state index in [-0.39, 0.29) is 11.7 Å². The summed E-state index contributed by atoms with van der Waals surface area (Å²) >= 11 is 1.51. The van der Waals surface area contributed by atoms with E-state index < -0.39 is 0 Å². The third kappa shape index (κ3) is 2.83. The van der Waals surface area contributed by atoms with Crippen molar-refractivity contribution in [3.05, 3.63) is 63.2 Å². The number of nitrogens with zero attached hydrogens (tertiary/aromatic N) is 1. The molecule has 2 heterocycles. The molecule has 5 heteroatoms. The van der Waals surface area contributed by atoms with Gasteiger partial charge in [0.25, 0.3) is 5.91 Å². The number of nitrogens with one attached hydrogen (secondary N) is 1. The summed E-state index contributed by atoms with van der Waals surface area (Å²) in [5.41, 5.74) is 5.05. The lowest BCUT2D eigenvalue weighted by molar-refractivity contribution is 0.0998. The van der Waals surface area contributed by atoms with Gasteiger partial charge in [-0.05, 0) is 68.0 Å². The van der Waals surface area contributed by atoms with Crippen molar-refractivity contribution < 1.29 is 9.21 Å². The number of thiophene rings is 1. The van der Waals surface area contributed by atoms with Gasteiger partial charge in [-0.25, -0.2) is 0 Å². The third-order valence-corrected chi connectivity index (χ3v) is 6.09. The average Bonchev–Trinajstić information content (AvgIpc) is 3.32. The van der Waals surface area contributed by atoms with Crippen molar-refractivity contribution in [1.29, 1.82) is 5.26 Å². The number of carbonyl (C=O) groups is 1. The molecule has 26 heavy (non-hydrogen) atoms. The number of rotatable bonds is 3. The highest BCUT2D eigenvalue weighted by atomic mass is 32.1. The normalized spacial score (nSPS) is 12.7. The maximum atomic E-state index is 12.6. The first-order chi connectivity index (χ1) is 12.6. The van der Waals surface area contributed by atoms with Gasteiger partial charge in [-0.3, -0.25) is 4.79 Å². The van der Waals surface area contributed by atoms with Gasteiger partial charge in [0.15, 0.2) is 5.76 Å². The summed E-state index contributed by atoms with van der Waals surface area (Å²) in [5, 5.41) is 12.9. The smallest absolute Gasteiger partial charge is 0.292 e. The Bertz CT molecular complexity index is 1050. The van der Waals surface area contributed by atoms with Crippen molar-refractivity contribution in [2.75, 3.05) is 5.32 Å². The molecule has 3 aromatic rings. The molecular formula is C21H18N2O2S. The summed E-state index contributed by atoms with van der Waals surface area (Å²) in [6.07, 6.45) is 2.99. The fraction of sp³-hybridized carbons (Fsp3) is 0.238. The molecule has 0 unspecified atom stereocenters. The monoisotopic (exact) mass is 362 g/mol. The summed E-state index contributed by atoms with van der Waals surface area (Å²) in [6, 6.07) is 11.8. The predicted octanol–water partition coefficient (Wildman–Crippen LogP) is 5.24. The Labute approximate surface area is 156 Å². The molecule has 130 valence electrons. The maximum Gasteiger partial charge on any atom is 0.292 e. The van der Waals surface area contributed by atoms with Gasteiger partial charge in [0.1, 0.15) is 16.8 Å². The van der Waals surface area contributed by atoms with Crippen molar-refractivity contribution in [3.63, 3.8) is 0 Å². The first-order valence-electron chi connectivity index (χ1n) is 8.60. The van der Waals surface area contributed by atoms with Crippen molar-refractivity contribution in [3.8, 4) is 17.4 Å². The van der Waals surface area contributed by atoms with Crippen LogP contribution in [0, 0.1) is 25.2 Å². The van der Waals surface area contributed by atoms with E-state index in [0.717, 1.165) is 30.4 Å². The van der Waals surface area contributed by atoms with E-state index in [1.54, 1.807) is 12.1 Å². The van der Waals surface area contributed by atoms with E-state index in [1.807, 2.05) is 18.2 Å². The molecule has 1 aliphatic carbocycles. The summed E-state index contributed by atoms with van der Waals surface area (Å²) < 4.78 is 5.76. The lowest BCUT2D eigenvalue weighted by atomic mass is 10.1. The minimum atomic E-state index is -0.323. The molecule has 4 nitrogen and oxygen atoms in total. The Balaban J connectivity index is 1.58. The third-order valence-electron chi connectivity index (χ3n) is 4.88. The van der Waals surface area contributed by atoms with Gasteiger partial charge in [-0.2, -0.15) is 5.26 Å². The molecule has 0 aliphatic heterocycles. The van der Waals surface area contributed by atoms with Crippen LogP contribution < -0.4 is 5.32 Å². The SMILES string of the molecule is Cc1ccc(-c2ccc(C(=O)Nc3sc4c(c3C#N)CCC4)o2)cc1C. The van der Waals surface area contributed by atoms with Gasteiger partial charge in [0, 0.05) is 10.4 Å². The quantitative estimate of drug-likeness (QED) is 0.693. The number of carbonyl (C=O) groups excluding carboxylic acids is 1. The van der Waals surface area contributed by atoms with Crippen LogP contribution in [0.15, 0.2) is 34.7 Å². The van der Waals surface area contributed by atoms with Crippen LogP contribution in [0.5, 0.6) is 0 Å². The minimum absolute atomic E-state index is 0.246. The number of aryl methyl sites for hydroxylation is 3. The number of hydrogen-bond acceptors (Lipinski definition) is 4. The molecule has 0 fully saturated rings. The molecule has 2 aromatic heterocycles. The number of furan rings is 1. The van der Waals surface area contributed by atoms with Crippen LogP contribution in [0.4, 0.5) is 5.00 Å². The highest BCUT2D eigenvalue weighted by molar-refractivity contribution is 7.16. The Morgan fingerprint density at radius 2 is 2.04 bits per heavy atom. The Morgan fingerprint density at radius 1 is 1.19 bits per heavy atom. The Kier molecular flexibility index (Phi) is 4.14. The van der Waals surface area contributed by atoms with Gasteiger partial charge in [0.2, 0.25) is 0 Å². The zero-order chi connectivity index (χ0) is 18.3. The maximum absolute atomic E-state index is 12.6. The predicted molar refractivity (Wildman–Crippen MR) is 103 cm³/mol. The lowest BCUT2D eigenvalue weighted by Gasteiger charge is -2.03. The minimum Gasteiger partial charge on any atom is -0.451 e. The van der Waals surface area contributed by atoms with Gasteiger partial charge in [-0.1, -0.05) is 12.1 Å². The van der Waals surface area contributed by atoms with Crippen LogP contribution in [0.25, 0.3) is 11.3 Å². The molecule has 0 atom stereocenters. The van der Waals surface area contributed by atoms with Crippen LogP contribution >= 0.6 is 11.3 Å². The van der Waals surface area contributed by atoms with Crippen LogP contribution in [0.1, 0.15) is 44.1 Å². The second-order valence-electron chi connectivity index (χ2n) is 6.59. The van der Waals surface area contributed by atoms with Crippen molar-refractivity contribution in [2.45, 2.75) is 33.1 Å². The van der Waals surface area contributed by atoms with Crippen molar-refractivity contribution in [2.24, 2.45) is 0 Å². The van der Waals surface area contributed by atoms with E-state index in [9.17, 15) is 10.1 Å². The highest BCUT2D eigenvalue weighted by Gasteiger charge is 2.24. The Morgan fingerprint density at radius 3 is 2.81 bits per heavy atom. The second-order valence-corrected chi connectivity index (χ2v) is 7.70. The molecular weight excluding hydrogens is 344 g/mol. The summed E-state index contributed by atoms with van der Waals surface area (Å²) in [5.74, 6) is 0.583. The zero-order valence-electron chi connectivity index (χ0n) is 14.7. The molecule has 4 rings (SSSR count). The molecule has 0 saturated carbocycles. The summed E-state index contributed by atoms with van der Waals surface area (Å²) in [6.45, 7) is 4.11. The summed E-state index contributed by atoms with van der Waals surface area (Å²) in [4.78, 5) is 13.8. The molecule has 1 amide bonds. The molecule has 1 aromatic carbocycles. The highest BCUT2D eigenvalue weighted by Crippen LogP contribution is 2.38. The van der Waals surface area contributed by atoms with Gasteiger partial charge in [-0.15, -0.1) is 11.3 Å². The van der Waals surface area contributed by atoms with Crippen molar-refractivity contribution >= 4 is 22.2 Å². The van der Waals surface area contributed by atoms with E-state index in [2.05, 4.69) is 25.2 Å². The fourth-order valence-electron chi connectivity index (χ4n) is 3.29. The van der Waals surface area contributed by atoms with Gasteiger partial charge < -0.3 is 9.73 Å². The first-order valence-corrected chi connectivity index (χ1v) is 9.42. The standard InChI is InChI=1S/C21H18N2O2S/c1-12-6-7-14(10-13(12)2)17-8-9-18(25-17)20(24)23-21-16(11-22)15-4-3-5-19(15)26-21/h6-10H,3-5H2,1-2H3,(H,23,24). The largest absolute Gasteiger partial charge is 0.451 e. The molecule has 0 bridgehead atoms.